The summed E-state index contributed by atoms with van der Waals surface area (Å²) in [5, 5.41) is 0. The molecule has 2 nitrogen and oxygen atoms in total. The highest BCUT2D eigenvalue weighted by molar-refractivity contribution is 5.47. The SMILES string of the molecule is C\C=C/C=C1/Oc2ccccc2O/C1=C/C. The molecule has 0 fully saturated rings. The molecule has 0 aromatic heterocycles. The lowest BCUT2D eigenvalue weighted by atomic mass is 10.2. The molecule has 16 heavy (non-hydrogen) atoms. The van der Waals surface area contributed by atoms with E-state index in [0.29, 0.717) is 0 Å². The Balaban J connectivity index is 2.39. The predicted molar refractivity (Wildman–Crippen MR) is 64.4 cm³/mol. The van der Waals surface area contributed by atoms with Crippen molar-refractivity contribution in [2.45, 2.75) is 13.8 Å². The van der Waals surface area contributed by atoms with E-state index < -0.39 is 0 Å². The van der Waals surface area contributed by atoms with Crippen LogP contribution in [-0.2, 0) is 0 Å². The van der Waals surface area contributed by atoms with Gasteiger partial charge in [-0.15, -0.1) is 0 Å². The van der Waals surface area contributed by atoms with Gasteiger partial charge in [0.2, 0.25) is 0 Å². The van der Waals surface area contributed by atoms with E-state index in [1.54, 1.807) is 0 Å². The van der Waals surface area contributed by atoms with Crippen molar-refractivity contribution in [3.8, 4) is 11.5 Å². The van der Waals surface area contributed by atoms with Crippen molar-refractivity contribution in [3.63, 3.8) is 0 Å². The average Bonchev–Trinajstić information content (AvgIpc) is 2.35. The van der Waals surface area contributed by atoms with Gasteiger partial charge in [0, 0.05) is 0 Å². The molecule has 0 aliphatic carbocycles. The molecular weight excluding hydrogens is 200 g/mol. The van der Waals surface area contributed by atoms with Crippen LogP contribution in [0.15, 0.2) is 60.1 Å². The van der Waals surface area contributed by atoms with E-state index >= 15 is 0 Å². The van der Waals surface area contributed by atoms with E-state index in [2.05, 4.69) is 0 Å². The van der Waals surface area contributed by atoms with Crippen molar-refractivity contribution in [2.75, 3.05) is 0 Å². The first-order valence-corrected chi connectivity index (χ1v) is 5.29. The normalized spacial score (nSPS) is 19.6. The number of para-hydroxylation sites is 2. The zero-order chi connectivity index (χ0) is 11.4. The zero-order valence-corrected chi connectivity index (χ0v) is 9.44. The third kappa shape index (κ3) is 2.01. The molecule has 1 aliphatic rings. The molecule has 0 spiro atoms. The van der Waals surface area contributed by atoms with Crippen LogP contribution in [-0.4, -0.2) is 0 Å². The van der Waals surface area contributed by atoms with E-state index in [0.717, 1.165) is 23.0 Å². The van der Waals surface area contributed by atoms with Gasteiger partial charge in [-0.05, 0) is 38.1 Å². The molecule has 2 heteroatoms. The molecular formula is C14H14O2. The van der Waals surface area contributed by atoms with Crippen molar-refractivity contribution >= 4 is 0 Å². The minimum Gasteiger partial charge on any atom is -0.450 e. The molecule has 0 bridgehead atoms. The summed E-state index contributed by atoms with van der Waals surface area (Å²) >= 11 is 0. The number of hydrogen-bond donors (Lipinski definition) is 0. The first-order valence-electron chi connectivity index (χ1n) is 5.29. The minimum atomic E-state index is 0.735. The van der Waals surface area contributed by atoms with Gasteiger partial charge in [-0.2, -0.15) is 0 Å². The number of hydrogen-bond acceptors (Lipinski definition) is 2. The maximum atomic E-state index is 5.75. The molecule has 0 unspecified atom stereocenters. The maximum absolute atomic E-state index is 5.75. The summed E-state index contributed by atoms with van der Waals surface area (Å²) in [6.07, 6.45) is 7.66. The summed E-state index contributed by atoms with van der Waals surface area (Å²) < 4.78 is 11.5. The summed E-state index contributed by atoms with van der Waals surface area (Å²) in [6.45, 7) is 3.89. The molecule has 1 aromatic rings. The second-order valence-electron chi connectivity index (χ2n) is 3.36. The first-order chi connectivity index (χ1) is 7.85. The van der Waals surface area contributed by atoms with Crippen molar-refractivity contribution in [3.05, 3.63) is 60.1 Å². The molecule has 82 valence electrons. The predicted octanol–water partition coefficient (Wildman–Crippen LogP) is 3.82. The van der Waals surface area contributed by atoms with Crippen LogP contribution in [0.1, 0.15) is 13.8 Å². The van der Waals surface area contributed by atoms with Crippen LogP contribution in [0.25, 0.3) is 0 Å². The topological polar surface area (TPSA) is 18.5 Å². The highest BCUT2D eigenvalue weighted by Gasteiger charge is 2.19. The highest BCUT2D eigenvalue weighted by atomic mass is 16.6. The molecule has 1 heterocycles. The Kier molecular flexibility index (Phi) is 3.10. The third-order valence-electron chi connectivity index (χ3n) is 2.23. The fourth-order valence-corrected chi connectivity index (χ4v) is 1.46. The number of benzene rings is 1. The van der Waals surface area contributed by atoms with E-state index in [4.69, 9.17) is 9.47 Å². The van der Waals surface area contributed by atoms with Crippen molar-refractivity contribution < 1.29 is 9.47 Å². The Labute approximate surface area is 95.5 Å². The standard InChI is InChI=1S/C14H14O2/c1-3-5-8-12-11(4-2)15-13-9-6-7-10-14(13)16-12/h3-10H,1-2H3/b5-3-,11-4+,12-8+. The van der Waals surface area contributed by atoms with Gasteiger partial charge in [0.15, 0.2) is 23.0 Å². The second kappa shape index (κ2) is 4.71. The highest BCUT2D eigenvalue weighted by Crippen LogP contribution is 2.36. The van der Waals surface area contributed by atoms with Gasteiger partial charge < -0.3 is 9.47 Å². The number of allylic oxidation sites excluding steroid dienone is 4. The largest absolute Gasteiger partial charge is 0.450 e. The van der Waals surface area contributed by atoms with E-state index in [9.17, 15) is 0 Å². The van der Waals surface area contributed by atoms with Gasteiger partial charge in [-0.1, -0.05) is 24.3 Å². The minimum absolute atomic E-state index is 0.735. The Morgan fingerprint density at radius 1 is 0.938 bits per heavy atom. The molecule has 0 N–H and O–H groups in total. The number of ether oxygens (including phenoxy) is 2. The number of fused-ring (bicyclic) bond motifs is 1. The van der Waals surface area contributed by atoms with Gasteiger partial charge in [0.1, 0.15) is 0 Å². The molecule has 2 rings (SSSR count). The zero-order valence-electron chi connectivity index (χ0n) is 9.44. The lowest BCUT2D eigenvalue weighted by molar-refractivity contribution is 0.294. The summed E-state index contributed by atoms with van der Waals surface area (Å²) in [4.78, 5) is 0. The molecule has 1 aromatic carbocycles. The Hall–Kier alpha value is -1.96. The molecule has 0 radical (unpaired) electrons. The van der Waals surface area contributed by atoms with Crippen LogP contribution >= 0.6 is 0 Å². The molecule has 0 amide bonds. The van der Waals surface area contributed by atoms with Crippen LogP contribution in [0.5, 0.6) is 11.5 Å². The summed E-state index contributed by atoms with van der Waals surface area (Å²) in [5.74, 6) is 2.99. The van der Waals surface area contributed by atoms with Crippen LogP contribution in [0.4, 0.5) is 0 Å². The van der Waals surface area contributed by atoms with Gasteiger partial charge >= 0.3 is 0 Å². The molecule has 0 saturated carbocycles. The van der Waals surface area contributed by atoms with Crippen LogP contribution in [0.2, 0.25) is 0 Å². The first kappa shape index (κ1) is 10.6. The van der Waals surface area contributed by atoms with Gasteiger partial charge in [0.25, 0.3) is 0 Å². The third-order valence-corrected chi connectivity index (χ3v) is 2.23. The van der Waals surface area contributed by atoms with Gasteiger partial charge in [0.05, 0.1) is 0 Å². The van der Waals surface area contributed by atoms with Crippen molar-refractivity contribution in [2.24, 2.45) is 0 Å². The van der Waals surface area contributed by atoms with Crippen LogP contribution in [0.3, 0.4) is 0 Å². The van der Waals surface area contributed by atoms with E-state index in [1.807, 2.05) is 62.4 Å². The van der Waals surface area contributed by atoms with Crippen molar-refractivity contribution in [1.82, 2.24) is 0 Å². The van der Waals surface area contributed by atoms with E-state index in [-0.39, 0.29) is 0 Å². The Morgan fingerprint density at radius 3 is 2.12 bits per heavy atom. The maximum Gasteiger partial charge on any atom is 0.170 e. The van der Waals surface area contributed by atoms with Crippen molar-refractivity contribution in [1.29, 1.82) is 0 Å². The van der Waals surface area contributed by atoms with E-state index in [1.165, 1.54) is 0 Å². The second-order valence-corrected chi connectivity index (χ2v) is 3.36. The molecule has 1 aliphatic heterocycles. The van der Waals surface area contributed by atoms with Crippen LogP contribution in [0, 0.1) is 0 Å². The van der Waals surface area contributed by atoms with Gasteiger partial charge in [-0.25, -0.2) is 0 Å². The summed E-state index contributed by atoms with van der Waals surface area (Å²) in [5.41, 5.74) is 0. The smallest absolute Gasteiger partial charge is 0.170 e. The monoisotopic (exact) mass is 214 g/mol. The quantitative estimate of drug-likeness (QED) is 0.707. The molecule has 0 atom stereocenters. The fraction of sp³-hybridized carbons (Fsp3) is 0.143. The fourth-order valence-electron chi connectivity index (χ4n) is 1.46. The Bertz CT molecular complexity index is 467. The Morgan fingerprint density at radius 2 is 1.56 bits per heavy atom. The molecule has 0 saturated heterocycles. The number of rotatable bonds is 1. The summed E-state index contributed by atoms with van der Waals surface area (Å²) in [7, 11) is 0. The average molecular weight is 214 g/mol. The lowest BCUT2D eigenvalue weighted by Gasteiger charge is -2.22. The van der Waals surface area contributed by atoms with Gasteiger partial charge in [-0.3, -0.25) is 0 Å². The summed E-state index contributed by atoms with van der Waals surface area (Å²) in [6, 6.07) is 7.64. The lowest BCUT2D eigenvalue weighted by Crippen LogP contribution is -2.11. The van der Waals surface area contributed by atoms with Crippen LogP contribution < -0.4 is 9.47 Å².